The van der Waals surface area contributed by atoms with Crippen LogP contribution >= 0.6 is 0 Å². The van der Waals surface area contributed by atoms with Crippen molar-refractivity contribution in [2.75, 3.05) is 13.6 Å². The number of nitrogens with one attached hydrogen (secondary N) is 1. The molecule has 13 heavy (non-hydrogen) atoms. The second-order valence-corrected chi connectivity index (χ2v) is 2.94. The normalized spacial score (nSPS) is 11.4. The van der Waals surface area contributed by atoms with E-state index in [9.17, 15) is 4.79 Å². The minimum Gasteiger partial charge on any atom is -0.331 e. The Bertz CT molecular complexity index is 96.9. The van der Waals surface area contributed by atoms with Crippen molar-refractivity contribution in [3.8, 4) is 0 Å². The van der Waals surface area contributed by atoms with Crippen LogP contribution in [0.5, 0.6) is 0 Å². The second-order valence-electron chi connectivity index (χ2n) is 2.94. The lowest BCUT2D eigenvalue weighted by molar-refractivity contribution is -0.109. The van der Waals surface area contributed by atoms with Crippen LogP contribution in [0.3, 0.4) is 0 Å². The number of carbonyl (C=O) groups excluding carboxylic acids is 1. The Morgan fingerprint density at radius 2 is 1.92 bits per heavy atom. The molecule has 1 unspecified atom stereocenters. The Morgan fingerprint density at radius 3 is 2.23 bits per heavy atom. The maximum absolute atomic E-state index is 10.3. The number of aldehydes is 1. The molecule has 0 aromatic rings. The van der Waals surface area contributed by atoms with Crippen molar-refractivity contribution in [3.05, 3.63) is 0 Å². The summed E-state index contributed by atoms with van der Waals surface area (Å²) in [5.74, 6) is 0. The van der Waals surface area contributed by atoms with Gasteiger partial charge in [-0.3, -0.25) is 0 Å². The van der Waals surface area contributed by atoms with Crippen molar-refractivity contribution in [3.63, 3.8) is 0 Å². The summed E-state index contributed by atoms with van der Waals surface area (Å²) < 4.78 is 0. The molecule has 0 aliphatic carbocycles. The average Bonchev–Trinajstić information content (AvgIpc) is 2.14. The molecule has 1 atom stereocenters. The van der Waals surface area contributed by atoms with E-state index in [1.165, 1.54) is 12.8 Å². The van der Waals surface area contributed by atoms with Crippen LogP contribution in [0.1, 0.15) is 39.5 Å². The van der Waals surface area contributed by atoms with Gasteiger partial charge in [-0.05, 0) is 20.0 Å². The van der Waals surface area contributed by atoms with E-state index in [0.717, 1.165) is 25.7 Å². The molecule has 0 rings (SSSR count). The van der Waals surface area contributed by atoms with Crippen LogP contribution in [-0.2, 0) is 4.79 Å². The van der Waals surface area contributed by atoms with Crippen LogP contribution < -0.4 is 11.1 Å². The first-order chi connectivity index (χ1) is 6.26. The molecule has 0 aliphatic heterocycles. The first-order valence-electron chi connectivity index (χ1n) is 5.09. The molecule has 3 N–H and O–H groups in total. The Kier molecular flexibility index (Phi) is 16.4. The maximum atomic E-state index is 10.3. The number of rotatable bonds is 6. The van der Waals surface area contributed by atoms with Gasteiger partial charge in [-0.2, -0.15) is 0 Å². The highest BCUT2D eigenvalue weighted by molar-refractivity contribution is 5.57. The first-order valence-corrected chi connectivity index (χ1v) is 5.09. The highest BCUT2D eigenvalue weighted by Gasteiger charge is 2.00. The lowest BCUT2D eigenvalue weighted by Gasteiger charge is -2.06. The predicted molar refractivity (Wildman–Crippen MR) is 57.8 cm³/mol. The van der Waals surface area contributed by atoms with Gasteiger partial charge in [0.15, 0.2) is 0 Å². The predicted octanol–water partition coefficient (Wildman–Crippen LogP) is 1.32. The fourth-order valence-corrected chi connectivity index (χ4v) is 0.895. The summed E-state index contributed by atoms with van der Waals surface area (Å²) in [5.41, 5.74) is 4.85. The van der Waals surface area contributed by atoms with Gasteiger partial charge >= 0.3 is 0 Å². The summed E-state index contributed by atoms with van der Waals surface area (Å²) in [5, 5.41) is 2.94. The van der Waals surface area contributed by atoms with E-state index in [0.29, 0.717) is 0 Å². The molecule has 0 saturated carbocycles. The quantitative estimate of drug-likeness (QED) is 0.488. The van der Waals surface area contributed by atoms with Crippen molar-refractivity contribution in [2.45, 2.75) is 45.6 Å². The molecule has 0 amide bonds. The summed E-state index contributed by atoms with van der Waals surface area (Å²) in [6.07, 6.45) is 5.56. The lowest BCUT2D eigenvalue weighted by atomic mass is 10.1. The largest absolute Gasteiger partial charge is 0.331 e. The minimum atomic E-state index is 0.0755. The summed E-state index contributed by atoms with van der Waals surface area (Å²) in [6, 6.07) is 0.0755. The van der Waals surface area contributed by atoms with Gasteiger partial charge in [-0.15, -0.1) is 0 Å². The van der Waals surface area contributed by atoms with Crippen LogP contribution in [-0.4, -0.2) is 25.9 Å². The third-order valence-corrected chi connectivity index (χ3v) is 1.65. The molecule has 80 valence electrons. The van der Waals surface area contributed by atoms with Crippen molar-refractivity contribution in [1.29, 1.82) is 0 Å². The van der Waals surface area contributed by atoms with Crippen molar-refractivity contribution < 1.29 is 4.79 Å². The summed E-state index contributed by atoms with van der Waals surface area (Å²) in [6.45, 7) is 4.81. The average molecular weight is 188 g/mol. The van der Waals surface area contributed by atoms with E-state index in [1.54, 1.807) is 0 Å². The summed E-state index contributed by atoms with van der Waals surface area (Å²) in [4.78, 5) is 10.3. The van der Waals surface area contributed by atoms with Crippen LogP contribution in [0.2, 0.25) is 0 Å². The van der Waals surface area contributed by atoms with Gasteiger partial charge in [0.1, 0.15) is 6.29 Å². The monoisotopic (exact) mass is 188 g/mol. The van der Waals surface area contributed by atoms with E-state index >= 15 is 0 Å². The molecule has 0 aromatic carbocycles. The summed E-state index contributed by atoms with van der Waals surface area (Å²) >= 11 is 0. The Labute approximate surface area is 82.1 Å². The number of hydrogen-bond acceptors (Lipinski definition) is 3. The van der Waals surface area contributed by atoms with Crippen molar-refractivity contribution in [1.82, 2.24) is 5.32 Å². The van der Waals surface area contributed by atoms with Crippen LogP contribution in [0.15, 0.2) is 0 Å². The van der Waals surface area contributed by atoms with Crippen molar-refractivity contribution >= 4 is 6.29 Å². The molecule has 0 fully saturated rings. The molecular weight excluding hydrogens is 164 g/mol. The number of nitrogens with two attached hydrogens (primary N) is 1. The number of hydrogen-bond donors (Lipinski definition) is 2. The lowest BCUT2D eigenvalue weighted by Crippen LogP contribution is -2.26. The molecule has 0 aliphatic rings. The zero-order valence-corrected chi connectivity index (χ0v) is 9.18. The van der Waals surface area contributed by atoms with Gasteiger partial charge in [-0.1, -0.05) is 33.1 Å². The number of unbranched alkanes of at least 4 members (excludes halogenated alkanes) is 2. The van der Waals surface area contributed by atoms with Gasteiger partial charge in [-0.25, -0.2) is 0 Å². The number of carbonyl (C=O) groups is 1. The molecule has 0 aromatic heterocycles. The van der Waals surface area contributed by atoms with E-state index in [1.807, 2.05) is 14.0 Å². The molecule has 0 heterocycles. The second kappa shape index (κ2) is 14.1. The van der Waals surface area contributed by atoms with E-state index in [4.69, 9.17) is 5.73 Å². The molecule has 3 heteroatoms. The Morgan fingerprint density at radius 1 is 1.38 bits per heavy atom. The van der Waals surface area contributed by atoms with Gasteiger partial charge in [0.05, 0.1) is 6.04 Å². The van der Waals surface area contributed by atoms with Crippen LogP contribution in [0, 0.1) is 0 Å². The van der Waals surface area contributed by atoms with Gasteiger partial charge in [0.25, 0.3) is 0 Å². The molecule has 0 bridgehead atoms. The molecule has 0 spiro atoms. The fourth-order valence-electron chi connectivity index (χ4n) is 0.895. The molecule has 0 radical (unpaired) electrons. The molecule has 3 nitrogen and oxygen atoms in total. The van der Waals surface area contributed by atoms with E-state index in [2.05, 4.69) is 12.2 Å². The van der Waals surface area contributed by atoms with E-state index in [-0.39, 0.29) is 6.04 Å². The van der Waals surface area contributed by atoms with Crippen LogP contribution in [0.4, 0.5) is 0 Å². The standard InChI is InChI=1S/C8H17NO.C2H7N/c1-3-4-5-6-8(7-10)9-2;1-2-3/h7-9H,3-6H2,1-2H3;2-3H2,1H3. The highest BCUT2D eigenvalue weighted by atomic mass is 16.1. The zero-order chi connectivity index (χ0) is 10.5. The SMILES string of the molecule is CCCCCC(C=O)NC.CCN. The molecule has 0 saturated heterocycles. The third-order valence-electron chi connectivity index (χ3n) is 1.65. The fraction of sp³-hybridized carbons (Fsp3) is 0.900. The minimum absolute atomic E-state index is 0.0755. The zero-order valence-electron chi connectivity index (χ0n) is 9.18. The number of likely N-dealkylation sites (N-methyl/N-ethyl adjacent to an activating group) is 1. The third kappa shape index (κ3) is 14.4. The topological polar surface area (TPSA) is 55.1 Å². The van der Waals surface area contributed by atoms with E-state index < -0.39 is 0 Å². The molecular formula is C10H24N2O. The smallest absolute Gasteiger partial charge is 0.136 e. The Balaban J connectivity index is 0. The maximum Gasteiger partial charge on any atom is 0.136 e. The first kappa shape index (κ1) is 15.1. The highest BCUT2D eigenvalue weighted by Crippen LogP contribution is 2.00. The Hall–Kier alpha value is -0.410. The van der Waals surface area contributed by atoms with Gasteiger partial charge in [0.2, 0.25) is 0 Å². The van der Waals surface area contributed by atoms with Crippen molar-refractivity contribution in [2.24, 2.45) is 5.73 Å². The van der Waals surface area contributed by atoms with Gasteiger partial charge < -0.3 is 15.8 Å². The van der Waals surface area contributed by atoms with Crippen LogP contribution in [0.25, 0.3) is 0 Å². The van der Waals surface area contributed by atoms with Gasteiger partial charge in [0, 0.05) is 0 Å². The summed E-state index contributed by atoms with van der Waals surface area (Å²) in [7, 11) is 1.82.